The first-order chi connectivity index (χ1) is 20.0. The van der Waals surface area contributed by atoms with E-state index in [1.165, 1.54) is 19.1 Å². The van der Waals surface area contributed by atoms with Gasteiger partial charge in [-0.2, -0.15) is 0 Å². The van der Waals surface area contributed by atoms with Crippen LogP contribution in [0.25, 0.3) is 0 Å². The Morgan fingerprint density at radius 2 is 1.49 bits per heavy atom. The molecule has 0 aromatic carbocycles. The number of esters is 2. The van der Waals surface area contributed by atoms with Crippen molar-refractivity contribution in [1.29, 1.82) is 0 Å². The maximum absolute atomic E-state index is 12.2. The minimum absolute atomic E-state index is 0.167. The zero-order chi connectivity index (χ0) is 32.5. The van der Waals surface area contributed by atoms with Crippen LogP contribution in [0.1, 0.15) is 67.2 Å². The summed E-state index contributed by atoms with van der Waals surface area (Å²) in [6.07, 6.45) is 1.81. The molecule has 244 valence electrons. The molecule has 0 bridgehead atoms. The summed E-state index contributed by atoms with van der Waals surface area (Å²) in [6, 6.07) is -2.74. The van der Waals surface area contributed by atoms with E-state index in [0.29, 0.717) is 31.8 Å². The van der Waals surface area contributed by atoms with E-state index in [1.807, 2.05) is 20.8 Å². The number of aliphatic imine (C=N–C) groups is 1. The lowest BCUT2D eigenvalue weighted by Crippen LogP contribution is -2.52. The summed E-state index contributed by atoms with van der Waals surface area (Å²) in [5.74, 6) is -1.24. The molecule has 0 aromatic heterocycles. The second-order valence-electron chi connectivity index (χ2n) is 12.2. The number of methoxy groups -OCH3 is 2. The largest absolute Gasteiger partial charge is 0.477 e. The summed E-state index contributed by atoms with van der Waals surface area (Å²) in [7, 11) is 2.48. The third-order valence-corrected chi connectivity index (χ3v) is 6.48. The van der Waals surface area contributed by atoms with E-state index in [4.69, 9.17) is 19.3 Å². The molecular formula is C28H46N4O11. The van der Waals surface area contributed by atoms with Crippen molar-refractivity contribution in [1.82, 2.24) is 15.1 Å². The van der Waals surface area contributed by atoms with Gasteiger partial charge in [0.05, 0.1) is 20.8 Å². The predicted molar refractivity (Wildman–Crippen MR) is 152 cm³/mol. The van der Waals surface area contributed by atoms with E-state index < -0.39 is 59.9 Å². The average molecular weight is 615 g/mol. The highest BCUT2D eigenvalue weighted by Gasteiger charge is 2.40. The minimum atomic E-state index is -1.14. The Balaban J connectivity index is 0.000000300. The summed E-state index contributed by atoms with van der Waals surface area (Å²) in [4.78, 5) is 66.6. The van der Waals surface area contributed by atoms with Gasteiger partial charge >= 0.3 is 24.1 Å². The third-order valence-electron chi connectivity index (χ3n) is 6.48. The zero-order valence-electron chi connectivity index (χ0n) is 26.3. The van der Waals surface area contributed by atoms with Gasteiger partial charge in [-0.1, -0.05) is 0 Å². The number of hydrogen-bond acceptors (Lipinski definition) is 12. The van der Waals surface area contributed by atoms with Gasteiger partial charge in [-0.3, -0.25) is 14.6 Å². The smallest absolute Gasteiger partial charge is 0.410 e. The van der Waals surface area contributed by atoms with E-state index >= 15 is 0 Å². The molecule has 3 amide bonds. The lowest BCUT2D eigenvalue weighted by molar-refractivity contribution is -0.146. The number of nitrogens with zero attached hydrogens (tertiary/aromatic N) is 3. The first-order valence-corrected chi connectivity index (χ1v) is 14.3. The first kappa shape index (κ1) is 35.6. The number of likely N-dealkylation sites (tertiary alicyclic amines) is 2. The fourth-order valence-corrected chi connectivity index (χ4v) is 4.56. The average Bonchev–Trinajstić information content (AvgIpc) is 3.69. The van der Waals surface area contributed by atoms with E-state index in [2.05, 4.69) is 19.8 Å². The number of rotatable bonds is 6. The van der Waals surface area contributed by atoms with Gasteiger partial charge in [0, 0.05) is 13.1 Å². The molecule has 15 nitrogen and oxygen atoms in total. The number of aliphatic hydroxyl groups excluding tert-OH is 1. The molecule has 0 saturated carbocycles. The number of ether oxygens (including phenoxy) is 5. The molecule has 3 heterocycles. The van der Waals surface area contributed by atoms with Crippen molar-refractivity contribution in [3.8, 4) is 0 Å². The van der Waals surface area contributed by atoms with E-state index in [9.17, 15) is 24.0 Å². The molecule has 0 radical (unpaired) electrons. The molecule has 2 N–H and O–H groups in total. The number of nitrogens with one attached hydrogen (secondary N) is 1. The molecular weight excluding hydrogens is 568 g/mol. The molecule has 2 fully saturated rings. The van der Waals surface area contributed by atoms with Crippen LogP contribution in [0, 0.1) is 0 Å². The Kier molecular flexibility index (Phi) is 12.6. The van der Waals surface area contributed by atoms with Crippen molar-refractivity contribution in [2.24, 2.45) is 4.99 Å². The zero-order valence-corrected chi connectivity index (χ0v) is 26.3. The van der Waals surface area contributed by atoms with E-state index in [1.54, 1.807) is 25.7 Å². The molecule has 2 saturated heterocycles. The highest BCUT2D eigenvalue weighted by molar-refractivity contribution is 5.91. The predicted octanol–water partition coefficient (Wildman–Crippen LogP) is 1.39. The van der Waals surface area contributed by atoms with E-state index in [0.717, 1.165) is 12.8 Å². The van der Waals surface area contributed by atoms with Crippen molar-refractivity contribution < 1.29 is 52.8 Å². The van der Waals surface area contributed by atoms with Crippen LogP contribution in [0.2, 0.25) is 0 Å². The van der Waals surface area contributed by atoms with Crippen molar-refractivity contribution in [2.75, 3.05) is 40.5 Å². The quantitative estimate of drug-likeness (QED) is 0.326. The summed E-state index contributed by atoms with van der Waals surface area (Å²) in [5, 5.41) is 11.5. The second kappa shape index (κ2) is 15.2. The first-order valence-electron chi connectivity index (χ1n) is 14.3. The monoisotopic (exact) mass is 614 g/mol. The Morgan fingerprint density at radius 1 is 0.930 bits per heavy atom. The summed E-state index contributed by atoms with van der Waals surface area (Å²) < 4.78 is 25.3. The van der Waals surface area contributed by atoms with Gasteiger partial charge in [-0.25, -0.2) is 24.2 Å². The van der Waals surface area contributed by atoms with Crippen LogP contribution >= 0.6 is 0 Å². The topological polar surface area (TPSA) is 183 Å². The minimum Gasteiger partial charge on any atom is -0.477 e. The summed E-state index contributed by atoms with van der Waals surface area (Å²) in [6.45, 7) is 11.3. The number of hydrogen-bond donors (Lipinski definition) is 2. The van der Waals surface area contributed by atoms with Gasteiger partial charge < -0.3 is 34.1 Å². The molecule has 43 heavy (non-hydrogen) atoms. The van der Waals surface area contributed by atoms with Crippen LogP contribution in [0.3, 0.4) is 0 Å². The standard InChI is InChI=1S/C14H24N2O6.C14H22N2O5/c1-14(2,3)22-13(20)16-7-5-6-10(16)11(18)15-9(8-17)12(19)21-4;1-14(2,3)21-13(18)16-7-5-6-10(16)11-15-9(8-20-11)12(17)19-4/h9-10,17H,5-8H2,1-4H3,(H,15,18);9-10H,5-8H2,1-4H3/t9-,10-;9-,10+/m01/s1. The van der Waals surface area contributed by atoms with Gasteiger partial charge in [0.2, 0.25) is 11.8 Å². The highest BCUT2D eigenvalue weighted by atomic mass is 16.6. The van der Waals surface area contributed by atoms with Crippen molar-refractivity contribution >= 4 is 35.9 Å². The van der Waals surface area contributed by atoms with Crippen molar-refractivity contribution in [3.05, 3.63) is 0 Å². The molecule has 4 atom stereocenters. The SMILES string of the molecule is COC(=O)[C@H](CO)NC(=O)[C@@H]1CCCN1C(=O)OC(C)(C)C.COC(=O)[C@H]1COC([C@@H]2CCCN2C(=O)OC(C)(C)C)=N1. The van der Waals surface area contributed by atoms with Gasteiger partial charge in [0.15, 0.2) is 12.1 Å². The Morgan fingerprint density at radius 3 is 2.02 bits per heavy atom. The molecule has 0 aromatic rings. The molecule has 0 spiro atoms. The third kappa shape index (κ3) is 10.6. The number of amides is 3. The Bertz CT molecular complexity index is 1050. The van der Waals surface area contributed by atoms with E-state index in [-0.39, 0.29) is 18.7 Å². The van der Waals surface area contributed by atoms with Crippen LogP contribution < -0.4 is 5.32 Å². The van der Waals surface area contributed by atoms with Crippen LogP contribution in [-0.4, -0.2) is 127 Å². The summed E-state index contributed by atoms with van der Waals surface area (Å²) >= 11 is 0. The van der Waals surface area contributed by atoms with Gasteiger partial charge in [0.1, 0.15) is 29.9 Å². The highest BCUT2D eigenvalue weighted by Crippen LogP contribution is 2.25. The summed E-state index contributed by atoms with van der Waals surface area (Å²) in [5.41, 5.74) is -1.20. The maximum atomic E-state index is 12.2. The van der Waals surface area contributed by atoms with Crippen LogP contribution in [-0.2, 0) is 38.1 Å². The number of carbonyl (C=O) groups is 5. The van der Waals surface area contributed by atoms with Crippen molar-refractivity contribution in [3.63, 3.8) is 0 Å². The number of carbonyl (C=O) groups excluding carboxylic acids is 5. The van der Waals surface area contributed by atoms with Crippen LogP contribution in [0.15, 0.2) is 4.99 Å². The Labute approximate surface area is 252 Å². The van der Waals surface area contributed by atoms with Crippen molar-refractivity contribution in [2.45, 2.75) is 103 Å². The number of aliphatic hydroxyl groups is 1. The fraction of sp³-hybridized carbons (Fsp3) is 0.786. The fourth-order valence-electron chi connectivity index (χ4n) is 4.56. The normalized spacial score (nSPS) is 22.3. The van der Waals surface area contributed by atoms with Crippen LogP contribution in [0.5, 0.6) is 0 Å². The Hall–Kier alpha value is -3.62. The lowest BCUT2D eigenvalue weighted by Gasteiger charge is -2.28. The molecule has 0 unspecified atom stereocenters. The second-order valence-corrected chi connectivity index (χ2v) is 12.2. The van der Waals surface area contributed by atoms with Gasteiger partial charge in [0.25, 0.3) is 0 Å². The molecule has 3 aliphatic heterocycles. The molecule has 0 aliphatic carbocycles. The molecule has 15 heteroatoms. The lowest BCUT2D eigenvalue weighted by atomic mass is 10.2. The maximum Gasteiger partial charge on any atom is 0.410 e. The molecule has 3 rings (SSSR count). The van der Waals surface area contributed by atoms with Crippen LogP contribution in [0.4, 0.5) is 9.59 Å². The van der Waals surface area contributed by atoms with Gasteiger partial charge in [-0.05, 0) is 67.2 Å². The van der Waals surface area contributed by atoms with Gasteiger partial charge in [-0.15, -0.1) is 0 Å². The molecule has 3 aliphatic rings.